The monoisotopic (exact) mass is 533 g/mol. The lowest BCUT2D eigenvalue weighted by Gasteiger charge is -2.19. The summed E-state index contributed by atoms with van der Waals surface area (Å²) in [7, 11) is 0. The second kappa shape index (κ2) is 14.7. The third-order valence-electron chi connectivity index (χ3n) is 7.46. The Kier molecular flexibility index (Phi) is 11.7. The molecule has 1 saturated carbocycles. The third-order valence-corrected chi connectivity index (χ3v) is 9.17. The van der Waals surface area contributed by atoms with E-state index in [9.17, 15) is 19.8 Å². The van der Waals surface area contributed by atoms with Crippen LogP contribution in [0.4, 0.5) is 4.79 Å². The van der Waals surface area contributed by atoms with Gasteiger partial charge in [-0.2, -0.15) is 16.9 Å². The van der Waals surface area contributed by atoms with Gasteiger partial charge in [0, 0.05) is 22.8 Å². The summed E-state index contributed by atoms with van der Waals surface area (Å²) in [6.07, 6.45) is 16.3. The average Bonchev–Trinajstić information content (AvgIpc) is 3.37. The number of hydrazone groups is 1. The summed E-state index contributed by atoms with van der Waals surface area (Å²) in [5.74, 6) is 0.882. The molecule has 9 heteroatoms. The first-order valence-electron chi connectivity index (χ1n) is 13.7. The van der Waals surface area contributed by atoms with Gasteiger partial charge >= 0.3 is 12.0 Å². The summed E-state index contributed by atoms with van der Waals surface area (Å²) in [6, 6.07) is -0.741. The molecule has 5 N–H and O–H groups in total. The molecule has 1 aliphatic heterocycles. The fourth-order valence-corrected chi connectivity index (χ4v) is 7.35. The average molecular weight is 534 g/mol. The van der Waals surface area contributed by atoms with E-state index in [4.69, 9.17) is 10.5 Å². The van der Waals surface area contributed by atoms with Crippen molar-refractivity contribution in [3.8, 4) is 0 Å². The molecule has 3 rings (SSSR count). The van der Waals surface area contributed by atoms with Gasteiger partial charge in [0.05, 0.1) is 24.3 Å². The molecule has 2 aliphatic carbocycles. The Balaban J connectivity index is 1.36. The number of thioether (sulfide) groups is 1. The molecule has 3 aliphatic rings. The summed E-state index contributed by atoms with van der Waals surface area (Å²) in [4.78, 5) is 23.2. The molecule has 206 valence electrons. The second-order valence-corrected chi connectivity index (χ2v) is 12.0. The van der Waals surface area contributed by atoms with E-state index in [1.54, 1.807) is 12.2 Å². The fourth-order valence-electron chi connectivity index (χ4n) is 5.42. The van der Waals surface area contributed by atoms with Gasteiger partial charge in [0.25, 0.3) is 0 Å². The minimum atomic E-state index is -0.741. The molecule has 0 bridgehead atoms. The number of esters is 1. The van der Waals surface area contributed by atoms with Crippen LogP contribution < -0.4 is 11.2 Å². The highest BCUT2D eigenvalue weighted by Crippen LogP contribution is 2.52. The van der Waals surface area contributed by atoms with Crippen molar-refractivity contribution in [2.24, 2.45) is 22.7 Å². The van der Waals surface area contributed by atoms with Crippen molar-refractivity contribution >= 4 is 29.5 Å². The first kappa shape index (κ1) is 29.5. The standard InChI is InChI=1S/C28H43N3O5S/c1-3-4-5-8-20(32)13-14-22-23-16-21(37-26(23)17-24(22)33)9-6-7-10-27(34)36-25-15-19(12-11-18(25)2)30-31-28(29)35/h11-14,20-24,26,32-33H,3-10,15-17H2,1-2H3,(H3,29,31,35)/b14-13+,30-19?/t20-,21?,22+,23+,24+,26-/m0/s1. The number of carbonyl (C=O) groups excluding carboxylic acids is 2. The number of aliphatic hydroxyl groups is 2. The lowest BCUT2D eigenvalue weighted by Crippen LogP contribution is -2.26. The molecule has 0 aromatic carbocycles. The molecule has 0 aromatic rings. The topological polar surface area (TPSA) is 134 Å². The summed E-state index contributed by atoms with van der Waals surface area (Å²) >= 11 is 1.99. The number of nitrogens with zero attached hydrogens (tertiary/aromatic N) is 1. The largest absolute Gasteiger partial charge is 0.430 e. The Morgan fingerprint density at radius 1 is 1.27 bits per heavy atom. The molecule has 0 radical (unpaired) electrons. The van der Waals surface area contributed by atoms with Gasteiger partial charge in [-0.1, -0.05) is 50.8 Å². The van der Waals surface area contributed by atoms with Crippen molar-refractivity contribution in [2.45, 2.75) is 107 Å². The van der Waals surface area contributed by atoms with Crippen LogP contribution in [-0.4, -0.2) is 50.6 Å². The molecular formula is C28H43N3O5S. The highest BCUT2D eigenvalue weighted by atomic mass is 32.2. The van der Waals surface area contributed by atoms with Crippen molar-refractivity contribution in [3.05, 3.63) is 35.6 Å². The number of primary amides is 1. The number of hydrogen-bond acceptors (Lipinski definition) is 7. The zero-order chi connectivity index (χ0) is 26.8. The molecule has 1 heterocycles. The normalized spacial score (nSPS) is 29.2. The van der Waals surface area contributed by atoms with Gasteiger partial charge in [0.15, 0.2) is 0 Å². The number of nitrogens with one attached hydrogen (secondary N) is 1. The minimum absolute atomic E-state index is 0.131. The SMILES string of the molecule is CCCCC[C@H](O)/C=C/[C@@H]1[C@H]2CC(CCCCC(=O)OC3=C(C)C=CC(=NNC(N)=O)C3)S[C@H]2C[C@H]1O. The number of allylic oxidation sites excluding steroid dienone is 4. The van der Waals surface area contributed by atoms with Crippen molar-refractivity contribution < 1.29 is 24.5 Å². The third kappa shape index (κ3) is 9.30. The van der Waals surface area contributed by atoms with Crippen molar-refractivity contribution in [1.29, 1.82) is 0 Å². The maximum Gasteiger partial charge on any atom is 0.332 e. The quantitative estimate of drug-likeness (QED) is 0.117. The van der Waals surface area contributed by atoms with Crippen molar-refractivity contribution in [1.82, 2.24) is 5.43 Å². The fraction of sp³-hybridized carbons (Fsp3) is 0.679. The smallest absolute Gasteiger partial charge is 0.332 e. The van der Waals surface area contributed by atoms with E-state index >= 15 is 0 Å². The van der Waals surface area contributed by atoms with Gasteiger partial charge in [0.2, 0.25) is 0 Å². The maximum atomic E-state index is 12.4. The number of unbranched alkanes of at least 4 members (excludes halogenated alkanes) is 3. The van der Waals surface area contributed by atoms with Crippen LogP contribution in [0.3, 0.4) is 0 Å². The summed E-state index contributed by atoms with van der Waals surface area (Å²) in [5, 5.41) is 25.7. The molecule has 8 nitrogen and oxygen atoms in total. The lowest BCUT2D eigenvalue weighted by atomic mass is 9.89. The molecule has 0 aromatic heterocycles. The van der Waals surface area contributed by atoms with Gasteiger partial charge in [-0.25, -0.2) is 10.2 Å². The van der Waals surface area contributed by atoms with Crippen LogP contribution in [0.25, 0.3) is 0 Å². The predicted molar refractivity (Wildman–Crippen MR) is 148 cm³/mol. The molecule has 6 atom stereocenters. The van der Waals surface area contributed by atoms with Crippen molar-refractivity contribution in [3.63, 3.8) is 0 Å². The summed E-state index contributed by atoms with van der Waals surface area (Å²) < 4.78 is 5.58. The summed E-state index contributed by atoms with van der Waals surface area (Å²) in [5.41, 5.74) is 8.67. The maximum absolute atomic E-state index is 12.4. The Morgan fingerprint density at radius 3 is 2.84 bits per heavy atom. The first-order chi connectivity index (χ1) is 17.8. The number of rotatable bonds is 13. The first-order valence-corrected chi connectivity index (χ1v) is 14.6. The van der Waals surface area contributed by atoms with Crippen LogP contribution in [0.5, 0.6) is 0 Å². The Hall–Kier alpha value is -2.10. The molecule has 1 saturated heterocycles. The molecule has 2 fully saturated rings. The Morgan fingerprint density at radius 2 is 2.08 bits per heavy atom. The van der Waals surface area contributed by atoms with E-state index in [1.807, 2.05) is 24.8 Å². The number of ether oxygens (including phenoxy) is 1. The van der Waals surface area contributed by atoms with E-state index in [2.05, 4.69) is 23.5 Å². The Bertz CT molecular complexity index is 915. The molecule has 37 heavy (non-hydrogen) atoms. The predicted octanol–water partition coefficient (Wildman–Crippen LogP) is 4.72. The van der Waals surface area contributed by atoms with Gasteiger partial charge < -0.3 is 20.7 Å². The number of fused-ring (bicyclic) bond motifs is 1. The van der Waals surface area contributed by atoms with Gasteiger partial charge in [-0.15, -0.1) is 0 Å². The number of hydrogen-bond donors (Lipinski definition) is 4. The summed E-state index contributed by atoms with van der Waals surface area (Å²) in [6.45, 7) is 4.03. The van der Waals surface area contributed by atoms with Crippen LogP contribution in [0.15, 0.2) is 40.7 Å². The van der Waals surface area contributed by atoms with Crippen LogP contribution in [0.1, 0.15) is 84.5 Å². The van der Waals surface area contributed by atoms with E-state index in [1.165, 1.54) is 0 Å². The van der Waals surface area contributed by atoms with E-state index in [0.29, 0.717) is 40.7 Å². The van der Waals surface area contributed by atoms with Crippen LogP contribution in [0, 0.1) is 11.8 Å². The molecule has 1 unspecified atom stereocenters. The lowest BCUT2D eigenvalue weighted by molar-refractivity contribution is -0.139. The molecule has 0 spiro atoms. The van der Waals surface area contributed by atoms with E-state index in [0.717, 1.165) is 63.4 Å². The number of nitrogens with two attached hydrogens (primary N) is 1. The van der Waals surface area contributed by atoms with E-state index < -0.39 is 12.1 Å². The van der Waals surface area contributed by atoms with Gasteiger partial charge in [-0.05, 0) is 56.6 Å². The van der Waals surface area contributed by atoms with Crippen LogP contribution >= 0.6 is 11.8 Å². The molecular weight excluding hydrogens is 490 g/mol. The van der Waals surface area contributed by atoms with Gasteiger partial charge in [0.1, 0.15) is 5.76 Å². The van der Waals surface area contributed by atoms with E-state index in [-0.39, 0.29) is 18.0 Å². The van der Waals surface area contributed by atoms with Crippen LogP contribution in [-0.2, 0) is 9.53 Å². The number of carbonyl (C=O) groups is 2. The zero-order valence-corrected chi connectivity index (χ0v) is 22.9. The minimum Gasteiger partial charge on any atom is -0.430 e. The van der Waals surface area contributed by atoms with Crippen molar-refractivity contribution in [2.75, 3.05) is 0 Å². The Labute approximate surface area is 224 Å². The number of amides is 2. The number of urea groups is 1. The van der Waals surface area contributed by atoms with Gasteiger partial charge in [-0.3, -0.25) is 4.79 Å². The highest BCUT2D eigenvalue weighted by molar-refractivity contribution is 8.00. The number of aliphatic hydroxyl groups excluding tert-OH is 2. The highest BCUT2D eigenvalue weighted by Gasteiger charge is 2.47. The second-order valence-electron chi connectivity index (χ2n) is 10.4. The zero-order valence-electron chi connectivity index (χ0n) is 22.1. The van der Waals surface area contributed by atoms with Crippen LogP contribution in [0.2, 0.25) is 0 Å². The molecule has 2 amide bonds.